The molecule has 0 heterocycles. The van der Waals surface area contributed by atoms with E-state index in [1.54, 1.807) is 7.11 Å². The second-order valence-electron chi connectivity index (χ2n) is 3.21. The van der Waals surface area contributed by atoms with Crippen molar-refractivity contribution in [2.24, 2.45) is 5.41 Å². The van der Waals surface area contributed by atoms with Gasteiger partial charge in [-0.2, -0.15) is 0 Å². The third-order valence-corrected chi connectivity index (χ3v) is 3.09. The molecule has 1 saturated carbocycles. The van der Waals surface area contributed by atoms with E-state index in [4.69, 9.17) is 4.74 Å². The standard InChI is InChI=1S/C9H16O2/c1-4-9(5-2)7(10)6-8(9)11-3/h8H,4-6H2,1-3H3/t8-/m1/s1. The molecule has 0 aromatic heterocycles. The van der Waals surface area contributed by atoms with E-state index in [1.165, 1.54) is 0 Å². The van der Waals surface area contributed by atoms with E-state index >= 15 is 0 Å². The number of carbonyl (C=O) groups excluding carboxylic acids is 1. The second-order valence-corrected chi connectivity index (χ2v) is 3.21. The van der Waals surface area contributed by atoms with Crippen LogP contribution in [0.25, 0.3) is 0 Å². The summed E-state index contributed by atoms with van der Waals surface area (Å²) in [4.78, 5) is 11.3. The molecule has 1 aliphatic carbocycles. The summed E-state index contributed by atoms with van der Waals surface area (Å²) in [5.74, 6) is 0.384. The molecule has 0 amide bonds. The van der Waals surface area contributed by atoms with Gasteiger partial charge in [-0.1, -0.05) is 13.8 Å². The Kier molecular flexibility index (Phi) is 2.33. The van der Waals surface area contributed by atoms with Crippen LogP contribution in [0.1, 0.15) is 33.1 Å². The zero-order chi connectivity index (χ0) is 8.48. The summed E-state index contributed by atoms with van der Waals surface area (Å²) < 4.78 is 5.23. The van der Waals surface area contributed by atoms with E-state index in [0.29, 0.717) is 12.2 Å². The zero-order valence-electron chi connectivity index (χ0n) is 7.52. The van der Waals surface area contributed by atoms with Crippen molar-refractivity contribution < 1.29 is 9.53 Å². The molecule has 0 aromatic carbocycles. The summed E-state index contributed by atoms with van der Waals surface area (Å²) in [6, 6.07) is 0. The molecule has 0 unspecified atom stereocenters. The first-order valence-corrected chi connectivity index (χ1v) is 4.27. The van der Waals surface area contributed by atoms with Gasteiger partial charge in [0.1, 0.15) is 5.78 Å². The number of hydrogen-bond acceptors (Lipinski definition) is 2. The van der Waals surface area contributed by atoms with Gasteiger partial charge in [0.15, 0.2) is 0 Å². The third-order valence-electron chi connectivity index (χ3n) is 3.09. The molecule has 1 rings (SSSR count). The molecule has 11 heavy (non-hydrogen) atoms. The first kappa shape index (κ1) is 8.72. The summed E-state index contributed by atoms with van der Waals surface area (Å²) in [7, 11) is 1.69. The molecule has 64 valence electrons. The third kappa shape index (κ3) is 1.00. The van der Waals surface area contributed by atoms with Crippen molar-refractivity contribution in [1.82, 2.24) is 0 Å². The number of Topliss-reactive ketones (excluding diaryl/α,β-unsaturated/α-hetero) is 1. The molecule has 0 saturated heterocycles. The maximum absolute atomic E-state index is 11.3. The molecule has 0 radical (unpaired) electrons. The summed E-state index contributed by atoms with van der Waals surface area (Å²) >= 11 is 0. The molecular formula is C9H16O2. The minimum Gasteiger partial charge on any atom is -0.380 e. The summed E-state index contributed by atoms with van der Waals surface area (Å²) in [5, 5.41) is 0. The minimum atomic E-state index is -0.130. The fourth-order valence-electron chi connectivity index (χ4n) is 2.02. The molecule has 1 fully saturated rings. The molecule has 0 aliphatic heterocycles. The van der Waals surface area contributed by atoms with Gasteiger partial charge in [0, 0.05) is 13.5 Å². The average Bonchev–Trinajstić information content (AvgIpc) is 2.02. The normalized spacial score (nSPS) is 28.3. The van der Waals surface area contributed by atoms with E-state index in [9.17, 15) is 4.79 Å². The number of hydrogen-bond donors (Lipinski definition) is 0. The zero-order valence-corrected chi connectivity index (χ0v) is 7.52. The van der Waals surface area contributed by atoms with Crippen LogP contribution in [0.3, 0.4) is 0 Å². The highest BCUT2D eigenvalue weighted by atomic mass is 16.5. The molecule has 2 heteroatoms. The quantitative estimate of drug-likeness (QED) is 0.622. The first-order valence-electron chi connectivity index (χ1n) is 4.27. The van der Waals surface area contributed by atoms with E-state index in [0.717, 1.165) is 12.8 Å². The van der Waals surface area contributed by atoms with E-state index in [2.05, 4.69) is 13.8 Å². The lowest BCUT2D eigenvalue weighted by molar-refractivity contribution is -0.160. The lowest BCUT2D eigenvalue weighted by Gasteiger charge is -2.45. The number of ether oxygens (including phenoxy) is 1. The summed E-state index contributed by atoms with van der Waals surface area (Å²) in [6.07, 6.45) is 2.64. The largest absolute Gasteiger partial charge is 0.380 e. The molecule has 1 aliphatic rings. The van der Waals surface area contributed by atoms with Crippen LogP contribution in [0, 0.1) is 5.41 Å². The van der Waals surface area contributed by atoms with Gasteiger partial charge in [-0.25, -0.2) is 0 Å². The Morgan fingerprint density at radius 3 is 2.27 bits per heavy atom. The van der Waals surface area contributed by atoms with Gasteiger partial charge in [0.25, 0.3) is 0 Å². The average molecular weight is 156 g/mol. The SMILES string of the molecule is CCC1(CC)C(=O)C[C@H]1OC. The van der Waals surface area contributed by atoms with E-state index in [1.807, 2.05) is 0 Å². The van der Waals surface area contributed by atoms with Crippen molar-refractivity contribution in [3.8, 4) is 0 Å². The first-order chi connectivity index (χ1) is 5.21. The van der Waals surface area contributed by atoms with Crippen LogP contribution in [0.15, 0.2) is 0 Å². The molecular weight excluding hydrogens is 140 g/mol. The Bertz CT molecular complexity index is 159. The Hall–Kier alpha value is -0.370. The topological polar surface area (TPSA) is 26.3 Å². The van der Waals surface area contributed by atoms with Crippen molar-refractivity contribution in [2.45, 2.75) is 39.2 Å². The number of rotatable bonds is 3. The van der Waals surface area contributed by atoms with Crippen molar-refractivity contribution in [1.29, 1.82) is 0 Å². The Morgan fingerprint density at radius 1 is 1.55 bits per heavy atom. The fourth-order valence-corrected chi connectivity index (χ4v) is 2.02. The maximum Gasteiger partial charge on any atom is 0.144 e. The monoisotopic (exact) mass is 156 g/mol. The summed E-state index contributed by atoms with van der Waals surface area (Å²) in [6.45, 7) is 4.12. The second kappa shape index (κ2) is 2.94. The number of ketones is 1. The predicted octanol–water partition coefficient (Wildman–Crippen LogP) is 1.78. The van der Waals surface area contributed by atoms with Crippen LogP contribution in [0.2, 0.25) is 0 Å². The minimum absolute atomic E-state index is 0.130. The smallest absolute Gasteiger partial charge is 0.144 e. The highest BCUT2D eigenvalue weighted by Crippen LogP contribution is 2.44. The summed E-state index contributed by atoms with van der Waals surface area (Å²) in [5.41, 5.74) is -0.130. The van der Waals surface area contributed by atoms with Crippen molar-refractivity contribution in [2.75, 3.05) is 7.11 Å². The molecule has 0 N–H and O–H groups in total. The predicted molar refractivity (Wildman–Crippen MR) is 43.4 cm³/mol. The van der Waals surface area contributed by atoms with E-state index in [-0.39, 0.29) is 11.5 Å². The number of carbonyl (C=O) groups is 1. The molecule has 0 bridgehead atoms. The highest BCUT2D eigenvalue weighted by molar-refractivity contribution is 5.92. The van der Waals surface area contributed by atoms with Crippen LogP contribution >= 0.6 is 0 Å². The fraction of sp³-hybridized carbons (Fsp3) is 0.889. The van der Waals surface area contributed by atoms with E-state index < -0.39 is 0 Å². The van der Waals surface area contributed by atoms with Gasteiger partial charge < -0.3 is 4.74 Å². The maximum atomic E-state index is 11.3. The van der Waals surface area contributed by atoms with Crippen LogP contribution < -0.4 is 0 Å². The lowest BCUT2D eigenvalue weighted by Crippen LogP contribution is -2.54. The van der Waals surface area contributed by atoms with Gasteiger partial charge in [0.2, 0.25) is 0 Å². The molecule has 0 spiro atoms. The number of methoxy groups -OCH3 is 1. The molecule has 1 atom stereocenters. The van der Waals surface area contributed by atoms with Crippen LogP contribution in [-0.2, 0) is 9.53 Å². The lowest BCUT2D eigenvalue weighted by atomic mass is 9.61. The van der Waals surface area contributed by atoms with Crippen molar-refractivity contribution >= 4 is 5.78 Å². The Morgan fingerprint density at radius 2 is 2.09 bits per heavy atom. The van der Waals surface area contributed by atoms with Crippen LogP contribution in [-0.4, -0.2) is 19.0 Å². The van der Waals surface area contributed by atoms with Gasteiger partial charge in [-0.05, 0) is 12.8 Å². The molecule has 2 nitrogen and oxygen atoms in total. The Balaban J connectivity index is 2.70. The van der Waals surface area contributed by atoms with Gasteiger partial charge >= 0.3 is 0 Å². The van der Waals surface area contributed by atoms with Gasteiger partial charge in [0.05, 0.1) is 11.5 Å². The van der Waals surface area contributed by atoms with Crippen molar-refractivity contribution in [3.05, 3.63) is 0 Å². The van der Waals surface area contributed by atoms with Crippen LogP contribution in [0.4, 0.5) is 0 Å². The van der Waals surface area contributed by atoms with Crippen molar-refractivity contribution in [3.63, 3.8) is 0 Å². The van der Waals surface area contributed by atoms with Gasteiger partial charge in [-0.3, -0.25) is 4.79 Å². The van der Waals surface area contributed by atoms with Crippen LogP contribution in [0.5, 0.6) is 0 Å². The Labute approximate surface area is 67.9 Å². The molecule has 0 aromatic rings. The highest BCUT2D eigenvalue weighted by Gasteiger charge is 2.52. The van der Waals surface area contributed by atoms with Gasteiger partial charge in [-0.15, -0.1) is 0 Å².